The smallest absolute Gasteiger partial charge is 0.341 e. The van der Waals surface area contributed by atoms with E-state index in [1.54, 1.807) is 0 Å². The van der Waals surface area contributed by atoms with Crippen molar-refractivity contribution in [2.75, 3.05) is 13.7 Å². The summed E-state index contributed by atoms with van der Waals surface area (Å²) >= 11 is 0. The van der Waals surface area contributed by atoms with Gasteiger partial charge in [-0.15, -0.1) is 0 Å². The summed E-state index contributed by atoms with van der Waals surface area (Å²) in [5, 5.41) is 0. The molecule has 0 aliphatic heterocycles. The number of hydrogen-bond donors (Lipinski definition) is 0. The number of unbranched alkanes of at least 4 members (excludes halogenated alkanes) is 5. The van der Waals surface area contributed by atoms with Crippen LogP contribution in [0.15, 0.2) is 6.07 Å². The highest BCUT2D eigenvalue weighted by atomic mass is 19.2. The molecule has 0 bridgehead atoms. The zero-order chi connectivity index (χ0) is 16.5. The summed E-state index contributed by atoms with van der Waals surface area (Å²) in [4.78, 5) is 11.7. The number of ether oxygens (including phenoxy) is 2. The molecule has 0 aliphatic rings. The fourth-order valence-corrected chi connectivity index (χ4v) is 2.03. The predicted octanol–water partition coefficient (Wildman–Crippen LogP) is 4.63. The van der Waals surface area contributed by atoms with Crippen molar-refractivity contribution >= 4 is 5.97 Å². The second-order valence-electron chi connectivity index (χ2n) is 4.97. The van der Waals surface area contributed by atoms with Crippen LogP contribution in [0.25, 0.3) is 0 Å². The molecule has 0 atom stereocenters. The predicted molar refractivity (Wildman–Crippen MR) is 76.5 cm³/mol. The number of halogens is 3. The second-order valence-corrected chi connectivity index (χ2v) is 4.97. The molecular weight excluding hydrogens is 297 g/mol. The Balaban J connectivity index is 2.54. The minimum atomic E-state index is -1.47. The van der Waals surface area contributed by atoms with E-state index in [4.69, 9.17) is 4.74 Å². The maximum atomic E-state index is 13.8. The Kier molecular flexibility index (Phi) is 7.77. The Morgan fingerprint density at radius 2 is 1.68 bits per heavy atom. The van der Waals surface area contributed by atoms with Crippen molar-refractivity contribution in [3.8, 4) is 5.75 Å². The Labute approximate surface area is 128 Å². The number of benzene rings is 1. The van der Waals surface area contributed by atoms with Crippen LogP contribution in [0, 0.1) is 17.5 Å². The minimum Gasteiger partial charge on any atom is -0.491 e. The molecule has 22 heavy (non-hydrogen) atoms. The van der Waals surface area contributed by atoms with Gasteiger partial charge >= 0.3 is 5.97 Å². The fourth-order valence-electron chi connectivity index (χ4n) is 2.03. The lowest BCUT2D eigenvalue weighted by atomic mass is 10.1. The third-order valence-electron chi connectivity index (χ3n) is 3.27. The Hall–Kier alpha value is -1.72. The Morgan fingerprint density at radius 3 is 2.32 bits per heavy atom. The van der Waals surface area contributed by atoms with Crippen LogP contribution in [0.3, 0.4) is 0 Å². The summed E-state index contributed by atoms with van der Waals surface area (Å²) in [6, 6.07) is 0.483. The normalized spacial score (nSPS) is 10.6. The lowest BCUT2D eigenvalue weighted by molar-refractivity contribution is 0.0490. The fraction of sp³-hybridized carbons (Fsp3) is 0.562. The van der Waals surface area contributed by atoms with Gasteiger partial charge in [0.15, 0.2) is 17.4 Å². The number of carbonyl (C=O) groups is 1. The Morgan fingerprint density at radius 1 is 1.05 bits per heavy atom. The quantitative estimate of drug-likeness (QED) is 0.378. The van der Waals surface area contributed by atoms with Crippen LogP contribution in [0.1, 0.15) is 55.8 Å². The summed E-state index contributed by atoms with van der Waals surface area (Å²) in [6.45, 7) is 2.23. The molecule has 0 fully saturated rings. The molecule has 0 heterocycles. The largest absolute Gasteiger partial charge is 0.491 e. The molecule has 0 aliphatic carbocycles. The second kappa shape index (κ2) is 9.33. The molecule has 0 saturated heterocycles. The van der Waals surface area contributed by atoms with Crippen molar-refractivity contribution in [3.05, 3.63) is 29.1 Å². The zero-order valence-corrected chi connectivity index (χ0v) is 12.9. The van der Waals surface area contributed by atoms with Crippen molar-refractivity contribution < 1.29 is 27.4 Å². The summed E-state index contributed by atoms with van der Waals surface area (Å²) in [6.07, 6.45) is 6.03. The van der Waals surface area contributed by atoms with Gasteiger partial charge in [-0.25, -0.2) is 13.6 Å². The van der Waals surface area contributed by atoms with Crippen molar-refractivity contribution in [2.24, 2.45) is 0 Å². The van der Waals surface area contributed by atoms with Crippen molar-refractivity contribution in [1.29, 1.82) is 0 Å². The van der Waals surface area contributed by atoms with E-state index in [0.29, 0.717) is 12.5 Å². The molecule has 0 radical (unpaired) electrons. The number of hydrogen-bond acceptors (Lipinski definition) is 3. The molecule has 0 unspecified atom stereocenters. The summed E-state index contributed by atoms with van der Waals surface area (Å²) < 4.78 is 49.7. The van der Waals surface area contributed by atoms with E-state index >= 15 is 0 Å². The van der Waals surface area contributed by atoms with Gasteiger partial charge in [0.05, 0.1) is 13.7 Å². The molecule has 0 amide bonds. The van der Waals surface area contributed by atoms with Gasteiger partial charge in [-0.05, 0) is 12.5 Å². The van der Waals surface area contributed by atoms with E-state index < -0.39 is 34.7 Å². The maximum absolute atomic E-state index is 13.8. The third kappa shape index (κ3) is 4.93. The van der Waals surface area contributed by atoms with Crippen LogP contribution >= 0.6 is 0 Å². The standard InChI is InChI=1S/C16H21F3O3/c1-3-4-5-6-7-8-9-22-16(20)11-10-12(17)14(19)15(21-2)13(11)18/h10H,3-9H2,1-2H3. The molecule has 0 N–H and O–H groups in total. The van der Waals surface area contributed by atoms with Gasteiger partial charge in [-0.3, -0.25) is 0 Å². The lowest BCUT2D eigenvalue weighted by Crippen LogP contribution is -2.11. The van der Waals surface area contributed by atoms with E-state index in [9.17, 15) is 18.0 Å². The molecule has 0 saturated carbocycles. The summed E-state index contributed by atoms with van der Waals surface area (Å²) in [5.74, 6) is -6.03. The highest BCUT2D eigenvalue weighted by molar-refractivity contribution is 5.90. The molecule has 1 aromatic carbocycles. The molecule has 124 valence electrons. The van der Waals surface area contributed by atoms with E-state index in [1.165, 1.54) is 6.42 Å². The van der Waals surface area contributed by atoms with Gasteiger partial charge in [-0.2, -0.15) is 4.39 Å². The van der Waals surface area contributed by atoms with E-state index in [-0.39, 0.29) is 6.61 Å². The SMILES string of the molecule is CCCCCCCCOC(=O)c1cc(F)c(F)c(OC)c1F. The summed E-state index contributed by atoms with van der Waals surface area (Å²) in [5.41, 5.74) is -0.665. The van der Waals surface area contributed by atoms with Crippen LogP contribution in [-0.4, -0.2) is 19.7 Å². The lowest BCUT2D eigenvalue weighted by Gasteiger charge is -2.09. The van der Waals surface area contributed by atoms with Crippen LogP contribution in [-0.2, 0) is 4.74 Å². The third-order valence-corrected chi connectivity index (χ3v) is 3.27. The van der Waals surface area contributed by atoms with E-state index in [2.05, 4.69) is 11.7 Å². The molecular formula is C16H21F3O3. The first-order valence-electron chi connectivity index (χ1n) is 7.41. The molecule has 1 aromatic rings. The van der Waals surface area contributed by atoms with Gasteiger partial charge in [0.2, 0.25) is 5.82 Å². The molecule has 0 aromatic heterocycles. The van der Waals surface area contributed by atoms with Gasteiger partial charge in [-0.1, -0.05) is 39.0 Å². The van der Waals surface area contributed by atoms with Gasteiger partial charge in [0, 0.05) is 0 Å². The molecule has 3 nitrogen and oxygen atoms in total. The highest BCUT2D eigenvalue weighted by Crippen LogP contribution is 2.27. The van der Waals surface area contributed by atoms with Gasteiger partial charge in [0.1, 0.15) is 5.56 Å². The van der Waals surface area contributed by atoms with E-state index in [0.717, 1.165) is 32.8 Å². The van der Waals surface area contributed by atoms with Gasteiger partial charge < -0.3 is 9.47 Å². The van der Waals surface area contributed by atoms with Crippen molar-refractivity contribution in [2.45, 2.75) is 45.4 Å². The van der Waals surface area contributed by atoms with Crippen LogP contribution in [0.4, 0.5) is 13.2 Å². The number of carbonyl (C=O) groups excluding carboxylic acids is 1. The Bertz CT molecular complexity index is 504. The molecule has 1 rings (SSSR count). The average molecular weight is 318 g/mol. The number of methoxy groups -OCH3 is 1. The topological polar surface area (TPSA) is 35.5 Å². The first-order valence-corrected chi connectivity index (χ1v) is 7.41. The van der Waals surface area contributed by atoms with Crippen LogP contribution in [0.2, 0.25) is 0 Å². The minimum absolute atomic E-state index is 0.117. The number of esters is 1. The van der Waals surface area contributed by atoms with E-state index in [1.807, 2.05) is 0 Å². The number of rotatable bonds is 9. The van der Waals surface area contributed by atoms with Crippen molar-refractivity contribution in [3.63, 3.8) is 0 Å². The van der Waals surface area contributed by atoms with Crippen LogP contribution in [0.5, 0.6) is 5.75 Å². The first kappa shape index (κ1) is 18.3. The maximum Gasteiger partial charge on any atom is 0.341 e. The van der Waals surface area contributed by atoms with Gasteiger partial charge in [0.25, 0.3) is 0 Å². The molecule has 0 spiro atoms. The monoisotopic (exact) mass is 318 g/mol. The zero-order valence-electron chi connectivity index (χ0n) is 12.9. The highest BCUT2D eigenvalue weighted by Gasteiger charge is 2.24. The average Bonchev–Trinajstić information content (AvgIpc) is 2.50. The first-order chi connectivity index (χ1) is 10.5. The van der Waals surface area contributed by atoms with Crippen LogP contribution < -0.4 is 4.74 Å². The molecule has 6 heteroatoms. The van der Waals surface area contributed by atoms with Crippen molar-refractivity contribution in [1.82, 2.24) is 0 Å². The summed E-state index contributed by atoms with van der Waals surface area (Å²) in [7, 11) is 0.992.